The van der Waals surface area contributed by atoms with Crippen LogP contribution in [0.5, 0.6) is 0 Å². The van der Waals surface area contributed by atoms with Crippen molar-refractivity contribution in [2.24, 2.45) is 5.92 Å². The third-order valence-corrected chi connectivity index (χ3v) is 2.60. The van der Waals surface area contributed by atoms with Crippen LogP contribution >= 0.6 is 15.9 Å². The second-order valence-electron chi connectivity index (χ2n) is 3.67. The predicted molar refractivity (Wildman–Crippen MR) is 68.1 cm³/mol. The molecule has 0 spiro atoms. The van der Waals surface area contributed by atoms with Crippen molar-refractivity contribution in [1.82, 2.24) is 0 Å². The Labute approximate surface area is 99.1 Å². The summed E-state index contributed by atoms with van der Waals surface area (Å²) >= 11 is 3.37. The first-order valence-electron chi connectivity index (χ1n) is 4.91. The van der Waals surface area contributed by atoms with E-state index in [1.807, 2.05) is 18.2 Å². The Bertz CT molecular complexity index is 317. The van der Waals surface area contributed by atoms with E-state index in [1.54, 1.807) is 7.11 Å². The highest BCUT2D eigenvalue weighted by molar-refractivity contribution is 9.10. The van der Waals surface area contributed by atoms with Gasteiger partial charge in [-0.15, -0.1) is 0 Å². The molecule has 1 aromatic rings. The summed E-state index contributed by atoms with van der Waals surface area (Å²) in [6.45, 7) is 3.74. The summed E-state index contributed by atoms with van der Waals surface area (Å²) in [4.78, 5) is 0. The number of ether oxygens (including phenoxy) is 1. The number of benzene rings is 1. The summed E-state index contributed by atoms with van der Waals surface area (Å²) in [5.41, 5.74) is 7.59. The summed E-state index contributed by atoms with van der Waals surface area (Å²) < 4.78 is 6.06. The molecule has 0 saturated carbocycles. The zero-order valence-corrected chi connectivity index (χ0v) is 10.7. The smallest absolute Gasteiger partial charge is 0.0574 e. The highest BCUT2D eigenvalue weighted by Crippen LogP contribution is 2.23. The summed E-state index contributed by atoms with van der Waals surface area (Å²) in [5.74, 6) is 0.470. The Morgan fingerprint density at radius 2 is 2.27 bits per heavy atom. The third kappa shape index (κ3) is 4.10. The molecule has 0 bridgehead atoms. The molecule has 0 radical (unpaired) electrons. The highest BCUT2D eigenvalue weighted by Gasteiger charge is 2.03. The van der Waals surface area contributed by atoms with E-state index in [1.165, 1.54) is 0 Å². The normalized spacial score (nSPS) is 12.5. The lowest BCUT2D eigenvalue weighted by Crippen LogP contribution is -2.16. The van der Waals surface area contributed by atoms with E-state index in [-0.39, 0.29) is 0 Å². The van der Waals surface area contributed by atoms with Crippen LogP contribution in [0.1, 0.15) is 6.92 Å². The molecular weight excluding hydrogens is 256 g/mol. The van der Waals surface area contributed by atoms with Gasteiger partial charge in [-0.25, -0.2) is 0 Å². The molecule has 84 valence electrons. The van der Waals surface area contributed by atoms with Gasteiger partial charge in [-0.3, -0.25) is 0 Å². The molecule has 1 aromatic carbocycles. The van der Waals surface area contributed by atoms with E-state index < -0.39 is 0 Å². The van der Waals surface area contributed by atoms with Crippen molar-refractivity contribution in [1.29, 1.82) is 0 Å². The SMILES string of the molecule is COCC(C)CNc1ccc(Br)cc1N. The van der Waals surface area contributed by atoms with Gasteiger partial charge in [0.2, 0.25) is 0 Å². The van der Waals surface area contributed by atoms with Gasteiger partial charge in [0.05, 0.1) is 18.0 Å². The Hall–Kier alpha value is -0.740. The molecule has 15 heavy (non-hydrogen) atoms. The molecule has 1 rings (SSSR count). The lowest BCUT2D eigenvalue weighted by Gasteiger charge is -2.14. The van der Waals surface area contributed by atoms with E-state index in [2.05, 4.69) is 28.2 Å². The topological polar surface area (TPSA) is 47.3 Å². The fourth-order valence-corrected chi connectivity index (χ4v) is 1.70. The van der Waals surface area contributed by atoms with E-state index in [0.717, 1.165) is 29.0 Å². The number of methoxy groups -OCH3 is 1. The molecule has 0 aliphatic heterocycles. The molecule has 1 atom stereocenters. The summed E-state index contributed by atoms with van der Waals surface area (Å²) in [5, 5.41) is 3.30. The van der Waals surface area contributed by atoms with Gasteiger partial charge in [0.15, 0.2) is 0 Å². The van der Waals surface area contributed by atoms with E-state index in [9.17, 15) is 0 Å². The van der Waals surface area contributed by atoms with Crippen LogP contribution in [0.15, 0.2) is 22.7 Å². The van der Waals surface area contributed by atoms with Crippen LogP contribution in [-0.4, -0.2) is 20.3 Å². The number of anilines is 2. The van der Waals surface area contributed by atoms with Gasteiger partial charge < -0.3 is 15.8 Å². The number of nitrogens with one attached hydrogen (secondary N) is 1. The molecule has 3 N–H and O–H groups in total. The first-order valence-corrected chi connectivity index (χ1v) is 5.70. The highest BCUT2D eigenvalue weighted by atomic mass is 79.9. The Morgan fingerprint density at radius 3 is 2.87 bits per heavy atom. The van der Waals surface area contributed by atoms with E-state index in [4.69, 9.17) is 10.5 Å². The van der Waals surface area contributed by atoms with Crippen LogP contribution in [0, 0.1) is 5.92 Å². The van der Waals surface area contributed by atoms with E-state index in [0.29, 0.717) is 5.92 Å². The molecule has 0 saturated heterocycles. The molecule has 0 amide bonds. The maximum atomic E-state index is 5.86. The van der Waals surface area contributed by atoms with Crippen molar-refractivity contribution in [2.45, 2.75) is 6.92 Å². The quantitative estimate of drug-likeness (QED) is 0.811. The Kier molecular flexibility index (Phi) is 4.91. The summed E-state index contributed by atoms with van der Waals surface area (Å²) in [6.07, 6.45) is 0. The minimum absolute atomic E-state index is 0.470. The van der Waals surface area contributed by atoms with E-state index >= 15 is 0 Å². The predicted octanol–water partition coefficient (Wildman–Crippen LogP) is 2.73. The average Bonchev–Trinajstić information content (AvgIpc) is 2.17. The molecule has 0 heterocycles. The second-order valence-corrected chi connectivity index (χ2v) is 4.59. The first-order chi connectivity index (χ1) is 7.13. The van der Waals surface area contributed by atoms with Gasteiger partial charge in [0, 0.05) is 18.1 Å². The fourth-order valence-electron chi connectivity index (χ4n) is 1.32. The number of hydrogen-bond acceptors (Lipinski definition) is 3. The zero-order chi connectivity index (χ0) is 11.3. The maximum absolute atomic E-state index is 5.86. The van der Waals surface area contributed by atoms with Crippen LogP contribution < -0.4 is 11.1 Å². The number of nitrogen functional groups attached to an aromatic ring is 1. The van der Waals surface area contributed by atoms with Gasteiger partial charge in [-0.2, -0.15) is 0 Å². The minimum atomic E-state index is 0.470. The molecular formula is C11H17BrN2O. The number of halogens is 1. The Morgan fingerprint density at radius 1 is 1.53 bits per heavy atom. The first kappa shape index (κ1) is 12.3. The lowest BCUT2D eigenvalue weighted by atomic mass is 10.2. The standard InChI is InChI=1S/C11H17BrN2O/c1-8(7-15-2)6-14-11-4-3-9(12)5-10(11)13/h3-5,8,14H,6-7,13H2,1-2H3. The summed E-state index contributed by atoms with van der Waals surface area (Å²) in [7, 11) is 1.71. The minimum Gasteiger partial charge on any atom is -0.397 e. The maximum Gasteiger partial charge on any atom is 0.0574 e. The van der Waals surface area contributed by atoms with Crippen molar-refractivity contribution >= 4 is 27.3 Å². The molecule has 4 heteroatoms. The second kappa shape index (κ2) is 5.98. The van der Waals surface area contributed by atoms with Crippen LogP contribution in [0.3, 0.4) is 0 Å². The molecule has 3 nitrogen and oxygen atoms in total. The van der Waals surface area contributed by atoms with Crippen molar-refractivity contribution in [2.75, 3.05) is 31.3 Å². The average molecular weight is 273 g/mol. The molecule has 0 aliphatic rings. The fraction of sp³-hybridized carbons (Fsp3) is 0.455. The number of hydrogen-bond donors (Lipinski definition) is 2. The van der Waals surface area contributed by atoms with Crippen LogP contribution in [0.25, 0.3) is 0 Å². The number of nitrogens with two attached hydrogens (primary N) is 1. The van der Waals surface area contributed by atoms with Gasteiger partial charge in [0.1, 0.15) is 0 Å². The molecule has 1 unspecified atom stereocenters. The lowest BCUT2D eigenvalue weighted by molar-refractivity contribution is 0.164. The van der Waals surface area contributed by atoms with Crippen molar-refractivity contribution < 1.29 is 4.74 Å². The van der Waals surface area contributed by atoms with Crippen LogP contribution in [0.4, 0.5) is 11.4 Å². The van der Waals surface area contributed by atoms with Gasteiger partial charge in [0.25, 0.3) is 0 Å². The van der Waals surface area contributed by atoms with Crippen molar-refractivity contribution in [3.63, 3.8) is 0 Å². The van der Waals surface area contributed by atoms with Gasteiger partial charge >= 0.3 is 0 Å². The van der Waals surface area contributed by atoms with Crippen LogP contribution in [-0.2, 0) is 4.74 Å². The van der Waals surface area contributed by atoms with Crippen molar-refractivity contribution in [3.8, 4) is 0 Å². The molecule has 0 aromatic heterocycles. The zero-order valence-electron chi connectivity index (χ0n) is 9.09. The van der Waals surface area contributed by atoms with Crippen molar-refractivity contribution in [3.05, 3.63) is 22.7 Å². The van der Waals surface area contributed by atoms with Gasteiger partial charge in [-0.1, -0.05) is 22.9 Å². The molecule has 0 aliphatic carbocycles. The largest absolute Gasteiger partial charge is 0.397 e. The summed E-state index contributed by atoms with van der Waals surface area (Å²) in [6, 6.07) is 5.84. The van der Waals surface area contributed by atoms with Gasteiger partial charge in [-0.05, 0) is 24.1 Å². The number of rotatable bonds is 5. The molecule has 0 fully saturated rings. The third-order valence-electron chi connectivity index (χ3n) is 2.11. The monoisotopic (exact) mass is 272 g/mol. The Balaban J connectivity index is 2.50. The van der Waals surface area contributed by atoms with Crippen LogP contribution in [0.2, 0.25) is 0 Å².